The first kappa shape index (κ1) is 13.9. The molecule has 0 unspecified atom stereocenters. The van der Waals surface area contributed by atoms with E-state index in [1.54, 1.807) is 31.2 Å². The van der Waals surface area contributed by atoms with Gasteiger partial charge in [-0.05, 0) is 31.2 Å². The van der Waals surface area contributed by atoms with Crippen LogP contribution in [-0.4, -0.2) is 28.5 Å². The first-order chi connectivity index (χ1) is 10.5. The fourth-order valence-electron chi connectivity index (χ4n) is 2.07. The van der Waals surface area contributed by atoms with Crippen LogP contribution in [-0.2, 0) is 4.79 Å². The number of nitrogens with one attached hydrogen (secondary N) is 2. The van der Waals surface area contributed by atoms with Gasteiger partial charge in [-0.1, -0.05) is 0 Å². The molecule has 3 N–H and O–H groups in total. The van der Waals surface area contributed by atoms with E-state index in [1.165, 1.54) is 6.07 Å². The molecule has 7 heteroatoms. The first-order valence-corrected chi connectivity index (χ1v) is 6.57. The van der Waals surface area contributed by atoms with Crippen molar-refractivity contribution in [2.24, 2.45) is 0 Å². The summed E-state index contributed by atoms with van der Waals surface area (Å²) in [7, 11) is 0. The van der Waals surface area contributed by atoms with Crippen molar-refractivity contribution in [1.29, 1.82) is 0 Å². The van der Waals surface area contributed by atoms with Crippen molar-refractivity contribution in [2.75, 3.05) is 17.2 Å². The molecule has 3 rings (SSSR count). The number of carbonyl (C=O) groups excluding carboxylic acids is 2. The molecule has 0 saturated carbocycles. The van der Waals surface area contributed by atoms with Gasteiger partial charge in [0.1, 0.15) is 11.3 Å². The molecule has 22 heavy (non-hydrogen) atoms. The second kappa shape index (κ2) is 5.36. The number of anilines is 2. The first-order valence-electron chi connectivity index (χ1n) is 6.57. The Bertz CT molecular complexity index is 773. The van der Waals surface area contributed by atoms with Gasteiger partial charge in [0, 0.05) is 17.4 Å². The molecule has 0 spiro atoms. The number of aryl methyl sites for hydroxylation is 1. The summed E-state index contributed by atoms with van der Waals surface area (Å²) >= 11 is 0. The maximum atomic E-state index is 12.1. The summed E-state index contributed by atoms with van der Waals surface area (Å²) in [6.07, 6.45) is 0. The zero-order valence-electron chi connectivity index (χ0n) is 11.7. The summed E-state index contributed by atoms with van der Waals surface area (Å²) in [5.41, 5.74) is 1.73. The average Bonchev–Trinajstić information content (AvgIpc) is 2.47. The number of aromatic hydroxyl groups is 1. The number of aromatic nitrogens is 1. The molecule has 0 saturated heterocycles. The minimum Gasteiger partial charge on any atom is -0.493 e. The minimum atomic E-state index is -0.482. The van der Waals surface area contributed by atoms with E-state index in [9.17, 15) is 14.7 Å². The molecule has 7 nitrogen and oxygen atoms in total. The van der Waals surface area contributed by atoms with Gasteiger partial charge in [0.05, 0.1) is 5.69 Å². The Morgan fingerprint density at radius 3 is 2.95 bits per heavy atom. The van der Waals surface area contributed by atoms with Crippen LogP contribution >= 0.6 is 0 Å². The summed E-state index contributed by atoms with van der Waals surface area (Å²) in [6, 6.07) is 8.01. The summed E-state index contributed by atoms with van der Waals surface area (Å²) in [5.74, 6) is -0.549. The quantitative estimate of drug-likeness (QED) is 0.783. The predicted molar refractivity (Wildman–Crippen MR) is 79.2 cm³/mol. The second-order valence-corrected chi connectivity index (χ2v) is 4.83. The van der Waals surface area contributed by atoms with Gasteiger partial charge in [-0.25, -0.2) is 4.98 Å². The van der Waals surface area contributed by atoms with Crippen molar-refractivity contribution in [3.63, 3.8) is 0 Å². The van der Waals surface area contributed by atoms with E-state index < -0.39 is 5.91 Å². The van der Waals surface area contributed by atoms with Gasteiger partial charge < -0.3 is 20.5 Å². The molecule has 0 atom stereocenters. The average molecular weight is 299 g/mol. The number of fused-ring (bicyclic) bond motifs is 1. The van der Waals surface area contributed by atoms with Gasteiger partial charge in [0.2, 0.25) is 5.88 Å². The van der Waals surface area contributed by atoms with Gasteiger partial charge in [-0.2, -0.15) is 0 Å². The molecule has 0 radical (unpaired) electrons. The minimum absolute atomic E-state index is 0.0624. The standard InChI is InChI=1S/C15H13N3O4/c1-8-2-4-10(14(20)16-8)15(21)17-9-3-5-11-12(6-9)22-7-13(19)18-11/h2-6H,7H2,1H3,(H,16,20)(H,17,21)(H,18,19). The van der Waals surface area contributed by atoms with Crippen molar-refractivity contribution < 1.29 is 19.4 Å². The molecule has 2 aromatic rings. The van der Waals surface area contributed by atoms with E-state index in [4.69, 9.17) is 4.74 Å². The van der Waals surface area contributed by atoms with Crippen molar-refractivity contribution in [1.82, 2.24) is 4.98 Å². The van der Waals surface area contributed by atoms with E-state index in [1.807, 2.05) is 0 Å². The van der Waals surface area contributed by atoms with E-state index in [-0.39, 0.29) is 24.0 Å². The molecule has 0 fully saturated rings. The number of pyridine rings is 1. The van der Waals surface area contributed by atoms with Crippen molar-refractivity contribution in [2.45, 2.75) is 6.92 Å². The van der Waals surface area contributed by atoms with Crippen LogP contribution in [0.2, 0.25) is 0 Å². The highest BCUT2D eigenvalue weighted by atomic mass is 16.5. The number of hydrogen-bond donors (Lipinski definition) is 3. The molecule has 1 aliphatic heterocycles. The zero-order valence-corrected chi connectivity index (χ0v) is 11.7. The fraction of sp³-hybridized carbons (Fsp3) is 0.133. The van der Waals surface area contributed by atoms with Crippen LogP contribution in [0.3, 0.4) is 0 Å². The van der Waals surface area contributed by atoms with Crippen LogP contribution in [0.15, 0.2) is 30.3 Å². The Hall–Kier alpha value is -3.09. The molecule has 1 aromatic carbocycles. The summed E-state index contributed by atoms with van der Waals surface area (Å²) in [5, 5.41) is 15.0. The van der Waals surface area contributed by atoms with Gasteiger partial charge >= 0.3 is 0 Å². The maximum absolute atomic E-state index is 12.1. The number of nitrogens with zero attached hydrogens (tertiary/aromatic N) is 1. The Morgan fingerprint density at radius 1 is 1.36 bits per heavy atom. The summed E-state index contributed by atoms with van der Waals surface area (Å²) in [4.78, 5) is 27.2. The van der Waals surface area contributed by atoms with Crippen molar-refractivity contribution >= 4 is 23.2 Å². The summed E-state index contributed by atoms with van der Waals surface area (Å²) in [6.45, 7) is 1.66. The Balaban J connectivity index is 1.81. The third kappa shape index (κ3) is 2.69. The molecule has 0 bridgehead atoms. The van der Waals surface area contributed by atoms with Crippen LogP contribution in [0.25, 0.3) is 0 Å². The zero-order chi connectivity index (χ0) is 15.7. The number of benzene rings is 1. The number of amides is 2. The van der Waals surface area contributed by atoms with Gasteiger partial charge in [-0.15, -0.1) is 0 Å². The van der Waals surface area contributed by atoms with E-state index in [0.29, 0.717) is 22.8 Å². The Labute approximate surface area is 125 Å². The van der Waals surface area contributed by atoms with Gasteiger partial charge in [-0.3, -0.25) is 9.59 Å². The van der Waals surface area contributed by atoms with Crippen LogP contribution in [0.4, 0.5) is 11.4 Å². The van der Waals surface area contributed by atoms with Gasteiger partial charge in [0.15, 0.2) is 6.61 Å². The number of carbonyl (C=O) groups is 2. The molecule has 112 valence electrons. The van der Waals surface area contributed by atoms with Crippen LogP contribution < -0.4 is 15.4 Å². The smallest absolute Gasteiger partial charge is 0.262 e. The second-order valence-electron chi connectivity index (χ2n) is 4.83. The van der Waals surface area contributed by atoms with Crippen molar-refractivity contribution in [3.8, 4) is 11.6 Å². The topological polar surface area (TPSA) is 101 Å². The number of ether oxygens (including phenoxy) is 1. The lowest BCUT2D eigenvalue weighted by molar-refractivity contribution is -0.118. The van der Waals surface area contributed by atoms with Crippen LogP contribution in [0, 0.1) is 6.92 Å². The molecule has 2 amide bonds. The highest BCUT2D eigenvalue weighted by Gasteiger charge is 2.17. The Morgan fingerprint density at radius 2 is 2.18 bits per heavy atom. The highest BCUT2D eigenvalue weighted by Crippen LogP contribution is 2.30. The Kier molecular flexibility index (Phi) is 3.38. The largest absolute Gasteiger partial charge is 0.493 e. The third-order valence-electron chi connectivity index (χ3n) is 3.13. The van der Waals surface area contributed by atoms with Gasteiger partial charge in [0.25, 0.3) is 11.8 Å². The van der Waals surface area contributed by atoms with E-state index >= 15 is 0 Å². The number of rotatable bonds is 2. The monoisotopic (exact) mass is 299 g/mol. The molecule has 0 aliphatic carbocycles. The number of hydrogen-bond acceptors (Lipinski definition) is 5. The molecule has 1 aromatic heterocycles. The third-order valence-corrected chi connectivity index (χ3v) is 3.13. The normalized spacial score (nSPS) is 12.9. The van der Waals surface area contributed by atoms with Crippen LogP contribution in [0.5, 0.6) is 11.6 Å². The van der Waals surface area contributed by atoms with E-state index in [2.05, 4.69) is 15.6 Å². The lowest BCUT2D eigenvalue weighted by atomic mass is 10.2. The van der Waals surface area contributed by atoms with Crippen molar-refractivity contribution in [3.05, 3.63) is 41.6 Å². The van der Waals surface area contributed by atoms with Crippen LogP contribution in [0.1, 0.15) is 16.1 Å². The lowest BCUT2D eigenvalue weighted by Gasteiger charge is -2.18. The fourth-order valence-corrected chi connectivity index (χ4v) is 2.07. The highest BCUT2D eigenvalue weighted by molar-refractivity contribution is 6.06. The predicted octanol–water partition coefficient (Wildman–Crippen LogP) is 1.68. The molecular formula is C15H13N3O4. The lowest BCUT2D eigenvalue weighted by Crippen LogP contribution is -2.25. The van der Waals surface area contributed by atoms with E-state index in [0.717, 1.165) is 0 Å². The SMILES string of the molecule is Cc1ccc(C(=O)Nc2ccc3c(c2)OCC(=O)N3)c(O)n1. The molecule has 1 aliphatic rings. The maximum Gasteiger partial charge on any atom is 0.262 e. The molecular weight excluding hydrogens is 286 g/mol. The summed E-state index contributed by atoms with van der Waals surface area (Å²) < 4.78 is 5.28. The molecule has 2 heterocycles.